The molecular formula is C20H23N3O2S. The maximum atomic E-state index is 12.7. The Morgan fingerprint density at radius 3 is 2.65 bits per heavy atom. The predicted octanol–water partition coefficient (Wildman–Crippen LogP) is 3.57. The summed E-state index contributed by atoms with van der Waals surface area (Å²) in [5.41, 5.74) is 4.25. The van der Waals surface area contributed by atoms with Gasteiger partial charge in [-0.25, -0.2) is 4.98 Å². The Kier molecular flexibility index (Phi) is 4.96. The van der Waals surface area contributed by atoms with Crippen LogP contribution in [0.2, 0.25) is 0 Å². The standard InChI is InChI=1S/C20H23N3O2S/c1-11-6-7-16(8-12(11)2)14(4)22-17(24)9-23-10-21-19-18(20(23)25)13(3)15(5)26-19/h6-8,10,14H,9H2,1-5H3,(H,22,24)/t14-/m0/s1. The van der Waals surface area contributed by atoms with Crippen molar-refractivity contribution in [3.05, 3.63) is 62.0 Å². The molecule has 0 fully saturated rings. The van der Waals surface area contributed by atoms with Crippen LogP contribution in [0.1, 0.15) is 40.1 Å². The summed E-state index contributed by atoms with van der Waals surface area (Å²) in [7, 11) is 0. The second-order valence-corrected chi connectivity index (χ2v) is 7.98. The summed E-state index contributed by atoms with van der Waals surface area (Å²) in [6.45, 7) is 9.92. The molecule has 0 aliphatic heterocycles. The smallest absolute Gasteiger partial charge is 0.262 e. The first-order chi connectivity index (χ1) is 12.3. The van der Waals surface area contributed by atoms with Crippen molar-refractivity contribution in [2.45, 2.75) is 47.2 Å². The molecule has 0 saturated heterocycles. The summed E-state index contributed by atoms with van der Waals surface area (Å²) in [4.78, 5) is 31.3. The van der Waals surface area contributed by atoms with Crippen molar-refractivity contribution in [2.24, 2.45) is 0 Å². The molecule has 0 aliphatic rings. The first-order valence-corrected chi connectivity index (χ1v) is 9.41. The van der Waals surface area contributed by atoms with Crippen molar-refractivity contribution in [3.63, 3.8) is 0 Å². The monoisotopic (exact) mass is 369 g/mol. The molecule has 3 rings (SSSR count). The van der Waals surface area contributed by atoms with Gasteiger partial charge in [0.25, 0.3) is 5.56 Å². The summed E-state index contributed by atoms with van der Waals surface area (Å²) < 4.78 is 1.38. The number of nitrogens with one attached hydrogen (secondary N) is 1. The van der Waals surface area contributed by atoms with Crippen LogP contribution in [0.4, 0.5) is 0 Å². The molecule has 0 aliphatic carbocycles. The number of aryl methyl sites for hydroxylation is 4. The highest BCUT2D eigenvalue weighted by Gasteiger charge is 2.15. The Balaban J connectivity index is 1.78. The van der Waals surface area contributed by atoms with Gasteiger partial charge in [-0.3, -0.25) is 14.2 Å². The van der Waals surface area contributed by atoms with Gasteiger partial charge in [0.2, 0.25) is 5.91 Å². The van der Waals surface area contributed by atoms with Crippen LogP contribution in [0, 0.1) is 27.7 Å². The van der Waals surface area contributed by atoms with Crippen LogP contribution in [0.25, 0.3) is 10.2 Å². The maximum Gasteiger partial charge on any atom is 0.262 e. The normalized spacial score (nSPS) is 12.3. The number of hydrogen-bond donors (Lipinski definition) is 1. The van der Waals surface area contributed by atoms with Crippen LogP contribution in [0.15, 0.2) is 29.3 Å². The Bertz CT molecular complexity index is 1050. The van der Waals surface area contributed by atoms with E-state index in [1.807, 2.05) is 26.8 Å². The fraction of sp³-hybridized carbons (Fsp3) is 0.350. The van der Waals surface area contributed by atoms with E-state index in [4.69, 9.17) is 0 Å². The van der Waals surface area contributed by atoms with Crippen molar-refractivity contribution >= 4 is 27.5 Å². The minimum atomic E-state index is -0.205. The highest BCUT2D eigenvalue weighted by Crippen LogP contribution is 2.25. The number of hydrogen-bond acceptors (Lipinski definition) is 4. The summed E-state index contributed by atoms with van der Waals surface area (Å²) in [5.74, 6) is -0.205. The zero-order valence-corrected chi connectivity index (χ0v) is 16.5. The van der Waals surface area contributed by atoms with Crippen molar-refractivity contribution in [2.75, 3.05) is 0 Å². The van der Waals surface area contributed by atoms with E-state index in [0.29, 0.717) is 5.39 Å². The van der Waals surface area contributed by atoms with E-state index in [1.54, 1.807) is 0 Å². The van der Waals surface area contributed by atoms with Gasteiger partial charge in [-0.15, -0.1) is 11.3 Å². The van der Waals surface area contributed by atoms with Crippen molar-refractivity contribution in [3.8, 4) is 0 Å². The van der Waals surface area contributed by atoms with E-state index in [-0.39, 0.29) is 24.1 Å². The quantitative estimate of drug-likeness (QED) is 0.765. The zero-order valence-electron chi connectivity index (χ0n) is 15.7. The van der Waals surface area contributed by atoms with Gasteiger partial charge in [-0.05, 0) is 56.9 Å². The van der Waals surface area contributed by atoms with E-state index in [9.17, 15) is 9.59 Å². The number of fused-ring (bicyclic) bond motifs is 1. The van der Waals surface area contributed by atoms with E-state index >= 15 is 0 Å². The van der Waals surface area contributed by atoms with Crippen molar-refractivity contribution in [1.82, 2.24) is 14.9 Å². The van der Waals surface area contributed by atoms with Gasteiger partial charge in [-0.1, -0.05) is 18.2 Å². The number of carbonyl (C=O) groups excluding carboxylic acids is 1. The Hall–Kier alpha value is -2.47. The van der Waals surface area contributed by atoms with Crippen LogP contribution in [-0.2, 0) is 11.3 Å². The molecular weight excluding hydrogens is 346 g/mol. The first-order valence-electron chi connectivity index (χ1n) is 8.59. The molecule has 1 N–H and O–H groups in total. The van der Waals surface area contributed by atoms with Gasteiger partial charge in [0, 0.05) is 4.88 Å². The van der Waals surface area contributed by atoms with E-state index < -0.39 is 0 Å². The Morgan fingerprint density at radius 1 is 1.23 bits per heavy atom. The molecule has 0 radical (unpaired) electrons. The molecule has 0 saturated carbocycles. The van der Waals surface area contributed by atoms with E-state index in [1.165, 1.54) is 33.4 Å². The minimum absolute atomic E-state index is 0.0364. The maximum absolute atomic E-state index is 12.7. The lowest BCUT2D eigenvalue weighted by molar-refractivity contribution is -0.122. The molecule has 1 atom stereocenters. The lowest BCUT2D eigenvalue weighted by Gasteiger charge is -2.16. The Labute approximate surface area is 156 Å². The average molecular weight is 369 g/mol. The van der Waals surface area contributed by atoms with Crippen molar-refractivity contribution in [1.29, 1.82) is 0 Å². The highest BCUT2D eigenvalue weighted by molar-refractivity contribution is 7.18. The van der Waals surface area contributed by atoms with Gasteiger partial charge in [-0.2, -0.15) is 0 Å². The number of rotatable bonds is 4. The summed E-state index contributed by atoms with van der Waals surface area (Å²) >= 11 is 1.51. The molecule has 26 heavy (non-hydrogen) atoms. The fourth-order valence-electron chi connectivity index (χ4n) is 2.94. The number of thiophene rings is 1. The van der Waals surface area contributed by atoms with Crippen LogP contribution in [0.3, 0.4) is 0 Å². The number of carbonyl (C=O) groups is 1. The third-order valence-corrected chi connectivity index (χ3v) is 5.99. The predicted molar refractivity (Wildman–Crippen MR) is 106 cm³/mol. The van der Waals surface area contributed by atoms with Gasteiger partial charge < -0.3 is 5.32 Å². The summed E-state index contributed by atoms with van der Waals surface area (Å²) in [6, 6.07) is 6.03. The van der Waals surface area contributed by atoms with Gasteiger partial charge in [0.1, 0.15) is 11.4 Å². The van der Waals surface area contributed by atoms with E-state index in [2.05, 4.69) is 36.3 Å². The zero-order chi connectivity index (χ0) is 19.0. The molecule has 2 heterocycles. The molecule has 0 bridgehead atoms. The number of amides is 1. The lowest BCUT2D eigenvalue weighted by atomic mass is 10.0. The highest BCUT2D eigenvalue weighted by atomic mass is 32.1. The van der Waals surface area contributed by atoms with Crippen molar-refractivity contribution < 1.29 is 4.79 Å². The molecule has 2 aromatic heterocycles. The molecule has 6 heteroatoms. The molecule has 136 valence electrons. The van der Waals surface area contributed by atoms with Gasteiger partial charge in [0.05, 0.1) is 17.8 Å². The van der Waals surface area contributed by atoms with Crippen LogP contribution >= 0.6 is 11.3 Å². The van der Waals surface area contributed by atoms with Gasteiger partial charge in [0.15, 0.2) is 0 Å². The topological polar surface area (TPSA) is 64.0 Å². The number of aromatic nitrogens is 2. The summed E-state index contributed by atoms with van der Waals surface area (Å²) in [5, 5.41) is 3.58. The second-order valence-electron chi connectivity index (χ2n) is 6.77. The number of nitrogens with zero attached hydrogens (tertiary/aromatic N) is 2. The SMILES string of the molecule is Cc1ccc([C@H](C)NC(=O)Cn2cnc3sc(C)c(C)c3c2=O)cc1C. The molecule has 3 aromatic rings. The minimum Gasteiger partial charge on any atom is -0.348 e. The van der Waals surface area contributed by atoms with Crippen LogP contribution in [0.5, 0.6) is 0 Å². The van der Waals surface area contributed by atoms with Gasteiger partial charge >= 0.3 is 0 Å². The molecule has 0 unspecified atom stereocenters. The molecule has 5 nitrogen and oxygen atoms in total. The molecule has 0 spiro atoms. The third-order valence-electron chi connectivity index (χ3n) is 4.88. The Morgan fingerprint density at radius 2 is 1.96 bits per heavy atom. The van der Waals surface area contributed by atoms with E-state index in [0.717, 1.165) is 20.8 Å². The third kappa shape index (κ3) is 3.42. The molecule has 1 aromatic carbocycles. The first kappa shape index (κ1) is 18.3. The van der Waals surface area contributed by atoms with Crippen LogP contribution < -0.4 is 10.9 Å². The molecule has 1 amide bonds. The second kappa shape index (κ2) is 7.03. The largest absolute Gasteiger partial charge is 0.348 e. The fourth-order valence-corrected chi connectivity index (χ4v) is 3.93. The average Bonchev–Trinajstić information content (AvgIpc) is 2.88. The van der Waals surface area contributed by atoms with Crippen LogP contribution in [-0.4, -0.2) is 15.5 Å². The summed E-state index contributed by atoms with van der Waals surface area (Å²) in [6.07, 6.45) is 1.46. The number of benzene rings is 1. The lowest BCUT2D eigenvalue weighted by Crippen LogP contribution is -2.34.